The molecule has 29 heavy (non-hydrogen) atoms. The molecule has 5 rings (SSSR count). The van der Waals surface area contributed by atoms with Gasteiger partial charge in [-0.3, -0.25) is 4.79 Å². The number of ether oxygens (including phenoxy) is 1. The molecule has 1 aromatic heterocycles. The number of hydrogen-bond acceptors (Lipinski definition) is 5. The molecule has 0 N–H and O–H groups in total. The van der Waals surface area contributed by atoms with Gasteiger partial charge in [-0.05, 0) is 51.5 Å². The normalized spacial score (nSPS) is 18.5. The van der Waals surface area contributed by atoms with Crippen molar-refractivity contribution in [1.82, 2.24) is 0 Å². The van der Waals surface area contributed by atoms with Gasteiger partial charge in [0.25, 0.3) is 0 Å². The van der Waals surface area contributed by atoms with E-state index < -0.39 is 6.10 Å². The maximum absolute atomic E-state index is 12.1. The first kappa shape index (κ1) is 17.9. The third-order valence-corrected chi connectivity index (χ3v) is 5.74. The molecule has 0 saturated heterocycles. The molecule has 5 nitrogen and oxygen atoms in total. The molecule has 1 atom stereocenters. The van der Waals surface area contributed by atoms with Gasteiger partial charge in [-0.15, -0.1) is 5.10 Å². The van der Waals surface area contributed by atoms with Crippen LogP contribution in [-0.2, 0) is 17.6 Å². The van der Waals surface area contributed by atoms with Crippen LogP contribution in [0.5, 0.6) is 5.75 Å². The summed E-state index contributed by atoms with van der Waals surface area (Å²) in [5.41, 5.74) is 7.66. The number of nitrogens with zero attached hydrogens (tertiary/aromatic N) is 2. The molecule has 2 aliphatic rings. The highest BCUT2D eigenvalue weighted by Gasteiger charge is 2.29. The van der Waals surface area contributed by atoms with Crippen molar-refractivity contribution in [1.29, 1.82) is 0 Å². The second-order valence-corrected chi connectivity index (χ2v) is 8.04. The van der Waals surface area contributed by atoms with Gasteiger partial charge in [-0.25, -0.2) is 0 Å². The highest BCUT2D eigenvalue weighted by Crippen LogP contribution is 2.35. The molecule has 0 bridgehead atoms. The van der Waals surface area contributed by atoms with E-state index in [-0.39, 0.29) is 5.78 Å². The first-order valence-electron chi connectivity index (χ1n) is 9.87. The van der Waals surface area contributed by atoms with Crippen molar-refractivity contribution in [3.8, 4) is 5.75 Å². The molecule has 0 amide bonds. The Morgan fingerprint density at radius 1 is 1.00 bits per heavy atom. The highest BCUT2D eigenvalue weighted by atomic mass is 16.5. The topological polar surface area (TPSA) is 64.2 Å². The Hall–Kier alpha value is -3.21. The molecule has 146 valence electrons. The smallest absolute Gasteiger partial charge is 0.177 e. The summed E-state index contributed by atoms with van der Waals surface area (Å²) in [7, 11) is 0. The molecule has 2 aromatic carbocycles. The zero-order valence-corrected chi connectivity index (χ0v) is 17.0. The Kier molecular flexibility index (Phi) is 3.95. The monoisotopic (exact) mass is 386 g/mol. The lowest BCUT2D eigenvalue weighted by atomic mass is 9.91. The molecule has 2 aliphatic heterocycles. The molecule has 0 saturated carbocycles. The lowest BCUT2D eigenvalue weighted by molar-refractivity contribution is -0.125. The number of furan rings is 1. The maximum Gasteiger partial charge on any atom is 0.177 e. The fourth-order valence-electron chi connectivity index (χ4n) is 4.11. The number of rotatable bonds is 1. The predicted molar refractivity (Wildman–Crippen MR) is 113 cm³/mol. The first-order valence-corrected chi connectivity index (χ1v) is 9.87. The highest BCUT2D eigenvalue weighted by molar-refractivity contribution is 6.16. The van der Waals surface area contributed by atoms with Crippen molar-refractivity contribution in [2.24, 2.45) is 10.2 Å². The molecule has 5 heteroatoms. The molecular weight excluding hydrogens is 364 g/mol. The quantitative estimate of drug-likeness (QED) is 0.608. The number of carbonyl (C=O) groups excluding carboxylic acids is 1. The minimum atomic E-state index is -0.430. The van der Waals surface area contributed by atoms with Crippen molar-refractivity contribution >= 4 is 28.2 Å². The molecule has 0 aliphatic carbocycles. The van der Waals surface area contributed by atoms with Crippen LogP contribution >= 0.6 is 0 Å². The largest absolute Gasteiger partial charge is 0.483 e. The molecule has 0 radical (unpaired) electrons. The summed E-state index contributed by atoms with van der Waals surface area (Å²) in [5, 5.41) is 10.1. The zero-order valence-electron chi connectivity index (χ0n) is 17.0. The van der Waals surface area contributed by atoms with Gasteiger partial charge in [0.05, 0.1) is 0 Å². The summed E-state index contributed by atoms with van der Waals surface area (Å²) in [6, 6.07) is 10.2. The third kappa shape index (κ3) is 2.89. The number of aryl methyl sites for hydroxylation is 2. The number of carbonyl (C=O) groups is 1. The average Bonchev–Trinajstić information content (AvgIpc) is 2.90. The molecule has 1 unspecified atom stereocenters. The fraction of sp³-hybridized carbons (Fsp3) is 0.292. The molecule has 0 spiro atoms. The van der Waals surface area contributed by atoms with Gasteiger partial charge in [-0.2, -0.15) is 5.10 Å². The predicted octanol–water partition coefficient (Wildman–Crippen LogP) is 4.71. The zero-order chi connectivity index (χ0) is 20.3. The van der Waals surface area contributed by atoms with E-state index in [0.29, 0.717) is 18.6 Å². The minimum absolute atomic E-state index is 0.105. The van der Waals surface area contributed by atoms with Crippen molar-refractivity contribution in [3.63, 3.8) is 0 Å². The van der Waals surface area contributed by atoms with Crippen LogP contribution in [0.25, 0.3) is 11.0 Å². The van der Waals surface area contributed by atoms with Crippen LogP contribution in [0.15, 0.2) is 45.0 Å². The standard InChI is InChI=1S/C24H22N2O3/c1-12-5-6-21-18(7-12)14(3)24(29-21)23-19-11-22-17(10-20(27)15(4)28-22)9-16(19)8-13(2)25-26-23/h5-7,9,11,15H,8,10H2,1-4H3. The van der Waals surface area contributed by atoms with Gasteiger partial charge in [0.2, 0.25) is 0 Å². The van der Waals surface area contributed by atoms with Gasteiger partial charge in [0.1, 0.15) is 17.0 Å². The van der Waals surface area contributed by atoms with E-state index in [0.717, 1.165) is 50.4 Å². The van der Waals surface area contributed by atoms with E-state index in [4.69, 9.17) is 9.15 Å². The molecule has 3 heterocycles. The van der Waals surface area contributed by atoms with Crippen LogP contribution in [0.4, 0.5) is 0 Å². The molecular formula is C24H22N2O3. The van der Waals surface area contributed by atoms with Gasteiger partial charge >= 0.3 is 0 Å². The number of hydrogen-bond donors (Lipinski definition) is 0. The second-order valence-electron chi connectivity index (χ2n) is 8.04. The van der Waals surface area contributed by atoms with Crippen molar-refractivity contribution in [2.45, 2.75) is 46.6 Å². The van der Waals surface area contributed by atoms with E-state index in [1.54, 1.807) is 6.92 Å². The number of fused-ring (bicyclic) bond motifs is 3. The Bertz CT molecular complexity index is 1250. The summed E-state index contributed by atoms with van der Waals surface area (Å²) in [4.78, 5) is 12.1. The van der Waals surface area contributed by atoms with Crippen LogP contribution in [0.1, 0.15) is 47.4 Å². The van der Waals surface area contributed by atoms with Crippen LogP contribution in [0.2, 0.25) is 0 Å². The van der Waals surface area contributed by atoms with Gasteiger partial charge in [0, 0.05) is 40.6 Å². The Morgan fingerprint density at radius 3 is 2.66 bits per heavy atom. The van der Waals surface area contributed by atoms with Crippen LogP contribution in [0, 0.1) is 13.8 Å². The summed E-state index contributed by atoms with van der Waals surface area (Å²) >= 11 is 0. The van der Waals surface area contributed by atoms with Crippen molar-refractivity contribution in [3.05, 3.63) is 63.9 Å². The summed E-state index contributed by atoms with van der Waals surface area (Å²) < 4.78 is 12.1. The SMILES string of the molecule is CC1=NN=C(c2oc3ccc(C)cc3c2C)c2cc3c(cc2C1)CC(=O)C(C)O3. The first-order chi connectivity index (χ1) is 13.9. The van der Waals surface area contributed by atoms with Crippen LogP contribution in [0.3, 0.4) is 0 Å². The summed E-state index contributed by atoms with van der Waals surface area (Å²) in [6.07, 6.45) is 0.647. The molecule has 0 fully saturated rings. The summed E-state index contributed by atoms with van der Waals surface area (Å²) in [6.45, 7) is 7.89. The van der Waals surface area contributed by atoms with Gasteiger partial charge in [0.15, 0.2) is 17.6 Å². The van der Waals surface area contributed by atoms with E-state index in [9.17, 15) is 4.79 Å². The number of benzene rings is 2. The lowest BCUT2D eigenvalue weighted by Gasteiger charge is -2.24. The maximum atomic E-state index is 12.1. The third-order valence-electron chi connectivity index (χ3n) is 5.74. The Morgan fingerprint density at radius 2 is 1.83 bits per heavy atom. The van der Waals surface area contributed by atoms with Gasteiger partial charge in [-0.1, -0.05) is 17.7 Å². The van der Waals surface area contributed by atoms with E-state index in [2.05, 4.69) is 36.2 Å². The van der Waals surface area contributed by atoms with E-state index >= 15 is 0 Å². The van der Waals surface area contributed by atoms with Gasteiger partial charge < -0.3 is 9.15 Å². The van der Waals surface area contributed by atoms with E-state index in [1.165, 1.54) is 5.56 Å². The van der Waals surface area contributed by atoms with Crippen LogP contribution in [-0.4, -0.2) is 23.3 Å². The minimum Gasteiger partial charge on any atom is -0.483 e. The average molecular weight is 386 g/mol. The molecule has 3 aromatic rings. The van der Waals surface area contributed by atoms with E-state index in [1.807, 2.05) is 25.1 Å². The summed E-state index contributed by atoms with van der Waals surface area (Å²) in [5.74, 6) is 1.58. The fourth-order valence-corrected chi connectivity index (χ4v) is 4.11. The Labute approximate surface area is 169 Å². The van der Waals surface area contributed by atoms with Crippen molar-refractivity contribution < 1.29 is 13.9 Å². The Balaban J connectivity index is 1.72. The van der Waals surface area contributed by atoms with Crippen molar-refractivity contribution in [2.75, 3.05) is 0 Å². The second kappa shape index (κ2) is 6.41. The van der Waals surface area contributed by atoms with Crippen LogP contribution < -0.4 is 4.74 Å². The lowest BCUT2D eigenvalue weighted by Crippen LogP contribution is -2.30. The number of Topliss-reactive ketones (excluding diaryl/α,β-unsaturated/α-hetero) is 1. The number of ketones is 1.